The van der Waals surface area contributed by atoms with Crippen LogP contribution >= 0.6 is 0 Å². The molecule has 1 aromatic heterocycles. The molecule has 2 aliphatic heterocycles. The van der Waals surface area contributed by atoms with Crippen molar-refractivity contribution in [3.63, 3.8) is 0 Å². The first-order chi connectivity index (χ1) is 16.6. The van der Waals surface area contributed by atoms with Crippen LogP contribution in [0.2, 0.25) is 0 Å². The predicted octanol–water partition coefficient (Wildman–Crippen LogP) is 2.90. The second-order valence-corrected chi connectivity index (χ2v) is 8.60. The maximum absolute atomic E-state index is 13.3. The molecule has 7 heteroatoms. The summed E-state index contributed by atoms with van der Waals surface area (Å²) < 4.78 is 5.21. The van der Waals surface area contributed by atoms with Crippen LogP contribution in [0, 0.1) is 17.8 Å². The monoisotopic (exact) mass is 454 g/mol. The molecule has 1 amide bonds. The van der Waals surface area contributed by atoms with E-state index in [-0.39, 0.29) is 30.5 Å². The molecule has 0 unspecified atom stereocenters. The van der Waals surface area contributed by atoms with Crippen LogP contribution in [0.3, 0.4) is 0 Å². The number of aliphatic hydroxyl groups is 1. The summed E-state index contributed by atoms with van der Waals surface area (Å²) in [6, 6.07) is 13.5. The van der Waals surface area contributed by atoms with Crippen molar-refractivity contribution in [1.29, 1.82) is 0 Å². The summed E-state index contributed by atoms with van der Waals surface area (Å²) >= 11 is 0. The third-order valence-corrected chi connectivity index (χ3v) is 6.83. The minimum absolute atomic E-state index is 0.0311. The number of aliphatic hydroxyl groups excluding tert-OH is 1. The van der Waals surface area contributed by atoms with Crippen LogP contribution in [0.1, 0.15) is 39.6 Å². The number of anilines is 1. The standard InChI is InChI=1S/C27H26N4O3/c1-30-24-10-7-19(4-3-18-5-8-20(34-2)9-6-18)15-22(24)26-21(25(30)17-32)11-14-31(26)27(33)23-16-28-12-13-29-23/h5-10,12-13,15-16,21,25-26,32H,11,14,17H2,1-2H3/t21-,25-,26-/m0/s1. The molecule has 0 spiro atoms. The van der Waals surface area contributed by atoms with E-state index in [9.17, 15) is 9.90 Å². The lowest BCUT2D eigenvalue weighted by atomic mass is 9.81. The molecular weight excluding hydrogens is 428 g/mol. The summed E-state index contributed by atoms with van der Waals surface area (Å²) in [5.41, 5.74) is 4.17. The van der Waals surface area contributed by atoms with E-state index >= 15 is 0 Å². The Hall–Kier alpha value is -3.89. The highest BCUT2D eigenvalue weighted by Crippen LogP contribution is 2.49. The van der Waals surface area contributed by atoms with Gasteiger partial charge in [-0.25, -0.2) is 4.98 Å². The van der Waals surface area contributed by atoms with Crippen molar-refractivity contribution in [3.8, 4) is 17.6 Å². The number of likely N-dealkylation sites (tertiary alicyclic amines) is 1. The molecule has 5 rings (SSSR count). The molecule has 0 bridgehead atoms. The number of ether oxygens (including phenoxy) is 1. The number of likely N-dealkylation sites (N-methyl/N-ethyl adjacent to an activating group) is 1. The van der Waals surface area contributed by atoms with Gasteiger partial charge in [0.1, 0.15) is 11.4 Å². The van der Waals surface area contributed by atoms with Crippen LogP contribution < -0.4 is 9.64 Å². The molecule has 2 aliphatic rings. The fourth-order valence-corrected chi connectivity index (χ4v) is 5.13. The number of rotatable bonds is 3. The van der Waals surface area contributed by atoms with Crippen molar-refractivity contribution in [1.82, 2.24) is 14.9 Å². The summed E-state index contributed by atoms with van der Waals surface area (Å²) in [7, 11) is 3.65. The molecule has 0 aliphatic carbocycles. The van der Waals surface area contributed by atoms with Gasteiger partial charge in [0.15, 0.2) is 0 Å². The molecule has 1 saturated heterocycles. The lowest BCUT2D eigenvalue weighted by molar-refractivity contribution is 0.0687. The largest absolute Gasteiger partial charge is 0.497 e. The zero-order chi connectivity index (χ0) is 23.7. The second kappa shape index (κ2) is 9.16. The van der Waals surface area contributed by atoms with Gasteiger partial charge in [0.25, 0.3) is 5.91 Å². The number of methoxy groups -OCH3 is 1. The van der Waals surface area contributed by atoms with Crippen LogP contribution in [-0.2, 0) is 0 Å². The molecule has 2 aromatic carbocycles. The van der Waals surface area contributed by atoms with Gasteiger partial charge in [-0.15, -0.1) is 0 Å². The molecule has 7 nitrogen and oxygen atoms in total. The van der Waals surface area contributed by atoms with E-state index in [2.05, 4.69) is 32.8 Å². The maximum atomic E-state index is 13.3. The summed E-state index contributed by atoms with van der Waals surface area (Å²) in [6.07, 6.45) is 5.41. The van der Waals surface area contributed by atoms with E-state index in [1.54, 1.807) is 13.3 Å². The minimum atomic E-state index is -0.152. The van der Waals surface area contributed by atoms with E-state index < -0.39 is 0 Å². The lowest BCUT2D eigenvalue weighted by Crippen LogP contribution is -2.48. The maximum Gasteiger partial charge on any atom is 0.274 e. The normalized spacial score (nSPS) is 20.7. The SMILES string of the molecule is COc1ccc(C#Cc2ccc3c(c2)[C@@H]2[C@@H](CCN2C(=O)c2cnccn2)[C@H](CO)N3C)cc1. The highest BCUT2D eigenvalue weighted by atomic mass is 16.5. The number of amides is 1. The van der Waals surface area contributed by atoms with Crippen molar-refractivity contribution >= 4 is 11.6 Å². The first-order valence-corrected chi connectivity index (χ1v) is 11.3. The smallest absolute Gasteiger partial charge is 0.274 e. The number of hydrogen-bond acceptors (Lipinski definition) is 6. The van der Waals surface area contributed by atoms with Gasteiger partial charge in [-0.3, -0.25) is 9.78 Å². The Morgan fingerprint density at radius 1 is 1.15 bits per heavy atom. The van der Waals surface area contributed by atoms with E-state index in [0.717, 1.165) is 34.5 Å². The molecule has 3 atom stereocenters. The fourth-order valence-electron chi connectivity index (χ4n) is 5.13. The van der Waals surface area contributed by atoms with Crippen molar-refractivity contribution in [2.75, 3.05) is 32.2 Å². The number of carbonyl (C=O) groups excluding carboxylic acids is 1. The molecule has 0 saturated carbocycles. The van der Waals surface area contributed by atoms with Crippen molar-refractivity contribution < 1.29 is 14.6 Å². The molecular formula is C27H26N4O3. The predicted molar refractivity (Wildman–Crippen MR) is 129 cm³/mol. The second-order valence-electron chi connectivity index (χ2n) is 8.60. The number of nitrogens with zero attached hydrogens (tertiary/aromatic N) is 4. The average Bonchev–Trinajstić information content (AvgIpc) is 3.33. The van der Waals surface area contributed by atoms with Crippen molar-refractivity contribution in [2.24, 2.45) is 5.92 Å². The zero-order valence-electron chi connectivity index (χ0n) is 19.2. The summed E-state index contributed by atoms with van der Waals surface area (Å²) in [4.78, 5) is 25.6. The minimum Gasteiger partial charge on any atom is -0.497 e. The summed E-state index contributed by atoms with van der Waals surface area (Å²) in [6.45, 7) is 0.638. The van der Waals surface area contributed by atoms with Crippen LogP contribution in [0.15, 0.2) is 61.1 Å². The summed E-state index contributed by atoms with van der Waals surface area (Å²) in [5, 5.41) is 10.2. The van der Waals surface area contributed by atoms with Crippen molar-refractivity contribution in [2.45, 2.75) is 18.5 Å². The molecule has 3 aromatic rings. The molecule has 1 fully saturated rings. The molecule has 3 heterocycles. The van der Waals surface area contributed by atoms with Crippen LogP contribution in [0.25, 0.3) is 0 Å². The Labute approximate surface area is 199 Å². The number of fused-ring (bicyclic) bond motifs is 3. The van der Waals surface area contributed by atoms with Gasteiger partial charge in [-0.2, -0.15) is 0 Å². The third-order valence-electron chi connectivity index (χ3n) is 6.83. The molecule has 0 radical (unpaired) electrons. The Bertz CT molecular complexity index is 1250. The van der Waals surface area contributed by atoms with Crippen LogP contribution in [0.4, 0.5) is 5.69 Å². The van der Waals surface area contributed by atoms with E-state index in [1.165, 1.54) is 12.4 Å². The number of aromatic nitrogens is 2. The molecule has 1 N–H and O–H groups in total. The van der Waals surface area contributed by atoms with Crippen LogP contribution in [0.5, 0.6) is 5.75 Å². The third kappa shape index (κ3) is 3.87. The number of hydrogen-bond donors (Lipinski definition) is 1. The van der Waals surface area contributed by atoms with E-state index in [4.69, 9.17) is 4.74 Å². The Balaban J connectivity index is 1.52. The van der Waals surface area contributed by atoms with Crippen LogP contribution in [-0.4, -0.2) is 59.2 Å². The van der Waals surface area contributed by atoms with E-state index in [1.807, 2.05) is 48.3 Å². The van der Waals surface area contributed by atoms with E-state index in [0.29, 0.717) is 12.2 Å². The van der Waals surface area contributed by atoms with Gasteiger partial charge in [0, 0.05) is 48.7 Å². The Kier molecular flexibility index (Phi) is 5.91. The lowest BCUT2D eigenvalue weighted by Gasteiger charge is -2.44. The first kappa shape index (κ1) is 21.9. The van der Waals surface area contributed by atoms with Gasteiger partial charge in [-0.1, -0.05) is 11.8 Å². The number of benzene rings is 2. The van der Waals surface area contributed by atoms with Gasteiger partial charge < -0.3 is 19.6 Å². The zero-order valence-corrected chi connectivity index (χ0v) is 19.2. The molecule has 34 heavy (non-hydrogen) atoms. The molecule has 172 valence electrons. The highest BCUT2D eigenvalue weighted by molar-refractivity contribution is 5.92. The quantitative estimate of drug-likeness (QED) is 0.613. The first-order valence-electron chi connectivity index (χ1n) is 11.3. The average molecular weight is 455 g/mol. The number of carbonyl (C=O) groups is 1. The van der Waals surface area contributed by atoms with Gasteiger partial charge in [-0.05, 0) is 54.4 Å². The van der Waals surface area contributed by atoms with Gasteiger partial charge >= 0.3 is 0 Å². The Morgan fingerprint density at radius 2 is 1.91 bits per heavy atom. The van der Waals surface area contributed by atoms with Crippen molar-refractivity contribution in [3.05, 3.63) is 83.4 Å². The van der Waals surface area contributed by atoms with Gasteiger partial charge in [0.2, 0.25) is 0 Å². The fraction of sp³-hybridized carbons (Fsp3) is 0.296. The Morgan fingerprint density at radius 3 is 2.62 bits per heavy atom. The topological polar surface area (TPSA) is 78.8 Å². The van der Waals surface area contributed by atoms with Gasteiger partial charge in [0.05, 0.1) is 32.0 Å². The highest BCUT2D eigenvalue weighted by Gasteiger charge is 2.48. The summed E-state index contributed by atoms with van der Waals surface area (Å²) in [5.74, 6) is 7.25.